The lowest BCUT2D eigenvalue weighted by atomic mass is 10.1. The van der Waals surface area contributed by atoms with Gasteiger partial charge in [0.2, 0.25) is 0 Å². The molecule has 1 aliphatic rings. The van der Waals surface area contributed by atoms with Crippen LogP contribution in [0.3, 0.4) is 0 Å². The predicted molar refractivity (Wildman–Crippen MR) is 94.4 cm³/mol. The molecule has 6 heteroatoms. The lowest BCUT2D eigenvalue weighted by Gasteiger charge is -2.08. The van der Waals surface area contributed by atoms with E-state index in [9.17, 15) is 0 Å². The lowest BCUT2D eigenvalue weighted by Crippen LogP contribution is -2.22. The first-order valence-corrected chi connectivity index (χ1v) is 8.71. The van der Waals surface area contributed by atoms with Gasteiger partial charge in [0.1, 0.15) is 0 Å². The molecule has 0 bridgehead atoms. The second-order valence-electron chi connectivity index (χ2n) is 6.50. The van der Waals surface area contributed by atoms with Gasteiger partial charge in [-0.3, -0.25) is 0 Å². The highest BCUT2D eigenvalue weighted by Crippen LogP contribution is 2.25. The molecule has 24 heavy (non-hydrogen) atoms. The molecule has 1 saturated carbocycles. The molecule has 0 aliphatic heterocycles. The molecular weight excluding hydrogens is 302 g/mol. The van der Waals surface area contributed by atoms with Crippen molar-refractivity contribution < 1.29 is 4.84 Å². The summed E-state index contributed by atoms with van der Waals surface area (Å²) < 4.78 is 2.02. The molecule has 2 N–H and O–H groups in total. The molecule has 1 aromatic heterocycles. The summed E-state index contributed by atoms with van der Waals surface area (Å²) in [4.78, 5) is 9.72. The highest BCUT2D eigenvalue weighted by molar-refractivity contribution is 5.55. The highest BCUT2D eigenvalue weighted by atomic mass is 16.6. The zero-order valence-corrected chi connectivity index (χ0v) is 14.7. The summed E-state index contributed by atoms with van der Waals surface area (Å²) in [6.07, 6.45) is 3.46. The maximum Gasteiger partial charge on any atom is 0.167 e. The fraction of sp³-hybridized carbons (Fsp3) is 0.556. The van der Waals surface area contributed by atoms with Gasteiger partial charge in [-0.05, 0) is 33.1 Å². The predicted octanol–water partition coefficient (Wildman–Crippen LogP) is 2.61. The summed E-state index contributed by atoms with van der Waals surface area (Å²) in [7, 11) is 1.64. The fourth-order valence-electron chi connectivity index (χ4n) is 2.70. The molecule has 1 heterocycles. The molecule has 0 unspecified atom stereocenters. The second-order valence-corrected chi connectivity index (χ2v) is 6.50. The number of nitrogens with zero attached hydrogens (tertiary/aromatic N) is 3. The molecule has 2 aromatic rings. The third-order valence-electron chi connectivity index (χ3n) is 4.24. The van der Waals surface area contributed by atoms with Crippen molar-refractivity contribution in [1.29, 1.82) is 0 Å². The zero-order valence-electron chi connectivity index (χ0n) is 14.7. The minimum absolute atomic E-state index is 0.181. The van der Waals surface area contributed by atoms with E-state index in [1.807, 2.05) is 4.68 Å². The van der Waals surface area contributed by atoms with Gasteiger partial charge in [-0.25, -0.2) is 15.1 Å². The molecule has 1 atom stereocenters. The summed E-state index contributed by atoms with van der Waals surface area (Å²) in [6.45, 7) is 5.83. The first kappa shape index (κ1) is 17.1. The van der Waals surface area contributed by atoms with Crippen molar-refractivity contribution in [1.82, 2.24) is 25.6 Å². The first-order valence-electron chi connectivity index (χ1n) is 8.71. The van der Waals surface area contributed by atoms with E-state index < -0.39 is 0 Å². The average molecular weight is 329 g/mol. The number of hydrogen-bond acceptors (Lipinski definition) is 5. The zero-order chi connectivity index (χ0) is 16.9. The minimum Gasteiger partial charge on any atom is -0.305 e. The molecule has 0 radical (unpaired) electrons. The molecule has 1 aliphatic carbocycles. The number of nitrogens with one attached hydrogen (secondary N) is 2. The summed E-state index contributed by atoms with van der Waals surface area (Å²) in [5.41, 5.74) is 5.23. The smallest absolute Gasteiger partial charge is 0.167 e. The van der Waals surface area contributed by atoms with Crippen molar-refractivity contribution in [3.05, 3.63) is 35.7 Å². The number of aromatic nitrogens is 3. The van der Waals surface area contributed by atoms with Gasteiger partial charge in [0, 0.05) is 24.7 Å². The largest absolute Gasteiger partial charge is 0.305 e. The molecule has 6 nitrogen and oxygen atoms in total. The van der Waals surface area contributed by atoms with E-state index >= 15 is 0 Å². The quantitative estimate of drug-likeness (QED) is 0.547. The molecule has 0 spiro atoms. The number of hydroxylamine groups is 1. The van der Waals surface area contributed by atoms with Crippen LogP contribution < -0.4 is 10.8 Å². The van der Waals surface area contributed by atoms with Crippen molar-refractivity contribution in [3.63, 3.8) is 0 Å². The minimum atomic E-state index is 0.181. The van der Waals surface area contributed by atoms with Crippen LogP contribution in [-0.2, 0) is 11.4 Å². The molecule has 3 rings (SSSR count). The van der Waals surface area contributed by atoms with Crippen LogP contribution in [0.15, 0.2) is 24.3 Å². The molecule has 130 valence electrons. The van der Waals surface area contributed by atoms with Crippen LogP contribution in [0.25, 0.3) is 11.4 Å². The maximum absolute atomic E-state index is 4.90. The Morgan fingerprint density at radius 3 is 2.71 bits per heavy atom. The number of benzene rings is 1. The van der Waals surface area contributed by atoms with E-state index in [1.54, 1.807) is 7.11 Å². The van der Waals surface area contributed by atoms with Gasteiger partial charge in [-0.2, -0.15) is 5.10 Å². The van der Waals surface area contributed by atoms with Gasteiger partial charge in [0.25, 0.3) is 0 Å². The number of hydrogen-bond donors (Lipinski definition) is 2. The summed E-state index contributed by atoms with van der Waals surface area (Å²) in [6, 6.07) is 9.29. The van der Waals surface area contributed by atoms with Crippen molar-refractivity contribution in [2.45, 2.75) is 51.7 Å². The van der Waals surface area contributed by atoms with Crippen LogP contribution in [0, 0.1) is 6.92 Å². The van der Waals surface area contributed by atoms with Gasteiger partial charge >= 0.3 is 0 Å². The van der Waals surface area contributed by atoms with Crippen LogP contribution >= 0.6 is 0 Å². The van der Waals surface area contributed by atoms with Gasteiger partial charge in [-0.15, -0.1) is 0 Å². The van der Waals surface area contributed by atoms with Crippen LogP contribution in [0.4, 0.5) is 0 Å². The summed E-state index contributed by atoms with van der Waals surface area (Å²) >= 11 is 0. The summed E-state index contributed by atoms with van der Waals surface area (Å²) in [5.74, 6) is 1.81. The number of rotatable bonds is 9. The Bertz CT molecular complexity index is 648. The van der Waals surface area contributed by atoms with Gasteiger partial charge in [0.05, 0.1) is 13.2 Å². The Morgan fingerprint density at radius 1 is 1.29 bits per heavy atom. The Morgan fingerprint density at radius 2 is 2.04 bits per heavy atom. The van der Waals surface area contributed by atoms with Crippen molar-refractivity contribution in [2.24, 2.45) is 0 Å². The third kappa shape index (κ3) is 4.41. The molecule has 0 amide bonds. The van der Waals surface area contributed by atoms with Crippen LogP contribution in [0.2, 0.25) is 0 Å². The van der Waals surface area contributed by atoms with E-state index in [2.05, 4.69) is 48.9 Å². The Balaban J connectivity index is 1.79. The standard InChI is InChI=1S/C18H27N5O/c1-13-5-7-15(8-6-13)18-21-17(14(2)20-16-9-10-16)22-23(18)12-4-11-19-24-3/h5-8,14,16,19-20H,4,9-12H2,1-3H3/t14-/m1/s1. The second kappa shape index (κ2) is 7.88. The van der Waals surface area contributed by atoms with Crippen LogP contribution in [0.5, 0.6) is 0 Å². The van der Waals surface area contributed by atoms with Crippen molar-refractivity contribution >= 4 is 0 Å². The fourth-order valence-corrected chi connectivity index (χ4v) is 2.70. The number of aryl methyl sites for hydroxylation is 2. The van der Waals surface area contributed by atoms with Crippen molar-refractivity contribution in [2.75, 3.05) is 13.7 Å². The van der Waals surface area contributed by atoms with Gasteiger partial charge < -0.3 is 10.2 Å². The van der Waals surface area contributed by atoms with Crippen LogP contribution in [-0.4, -0.2) is 34.5 Å². The van der Waals surface area contributed by atoms with Crippen LogP contribution in [0.1, 0.15) is 43.6 Å². The molecule has 1 aromatic carbocycles. The molecular formula is C18H27N5O. The van der Waals surface area contributed by atoms with Gasteiger partial charge in [0.15, 0.2) is 11.6 Å². The van der Waals surface area contributed by atoms with Gasteiger partial charge in [-0.1, -0.05) is 29.8 Å². The molecule has 1 fully saturated rings. The topological polar surface area (TPSA) is 64.0 Å². The van der Waals surface area contributed by atoms with E-state index in [1.165, 1.54) is 18.4 Å². The normalized spacial score (nSPS) is 15.6. The maximum atomic E-state index is 4.90. The van der Waals surface area contributed by atoms with E-state index in [0.29, 0.717) is 6.04 Å². The van der Waals surface area contributed by atoms with E-state index in [4.69, 9.17) is 14.9 Å². The average Bonchev–Trinajstić information content (AvgIpc) is 3.29. The highest BCUT2D eigenvalue weighted by Gasteiger charge is 2.25. The Hall–Kier alpha value is -1.76. The summed E-state index contributed by atoms with van der Waals surface area (Å²) in [5, 5.41) is 8.34. The third-order valence-corrected chi connectivity index (χ3v) is 4.24. The monoisotopic (exact) mass is 329 g/mol. The van der Waals surface area contributed by atoms with E-state index in [-0.39, 0.29) is 6.04 Å². The van der Waals surface area contributed by atoms with E-state index in [0.717, 1.165) is 36.7 Å². The Labute approximate surface area is 143 Å². The van der Waals surface area contributed by atoms with Crippen molar-refractivity contribution in [3.8, 4) is 11.4 Å². The lowest BCUT2D eigenvalue weighted by molar-refractivity contribution is 0.0899. The molecule has 0 saturated heterocycles. The Kier molecular flexibility index (Phi) is 5.60. The first-order chi connectivity index (χ1) is 11.7. The SMILES string of the molecule is CONCCCn1nc([C@@H](C)NC2CC2)nc1-c1ccc(C)cc1.